The van der Waals surface area contributed by atoms with E-state index in [4.69, 9.17) is 9.47 Å². The summed E-state index contributed by atoms with van der Waals surface area (Å²) in [7, 11) is 0. The van der Waals surface area contributed by atoms with Crippen molar-refractivity contribution in [3.63, 3.8) is 0 Å². The first-order valence-electron chi connectivity index (χ1n) is 16.6. The van der Waals surface area contributed by atoms with Crippen LogP contribution in [0.4, 0.5) is 10.5 Å². The molecule has 0 saturated carbocycles. The predicted molar refractivity (Wildman–Crippen MR) is 182 cm³/mol. The normalized spacial score (nSPS) is 18.8. The molecule has 3 aromatic rings. The van der Waals surface area contributed by atoms with Gasteiger partial charge in [0.1, 0.15) is 29.6 Å². The van der Waals surface area contributed by atoms with Crippen LogP contribution in [0, 0.1) is 5.92 Å². The van der Waals surface area contributed by atoms with Crippen molar-refractivity contribution in [1.29, 1.82) is 0 Å². The smallest absolute Gasteiger partial charge is 0.408 e. The van der Waals surface area contributed by atoms with Crippen molar-refractivity contribution in [3.05, 3.63) is 60.6 Å². The van der Waals surface area contributed by atoms with Gasteiger partial charge in [0.2, 0.25) is 17.7 Å². The molecule has 2 saturated heterocycles. The molecule has 12 nitrogen and oxygen atoms in total. The van der Waals surface area contributed by atoms with Gasteiger partial charge in [0, 0.05) is 24.7 Å². The van der Waals surface area contributed by atoms with Gasteiger partial charge in [-0.05, 0) is 69.4 Å². The van der Waals surface area contributed by atoms with E-state index in [1.54, 1.807) is 33.9 Å². The van der Waals surface area contributed by atoms with Crippen LogP contribution in [0.15, 0.2) is 54.7 Å². The molecule has 0 radical (unpaired) electrons. The number of carbonyl (C=O) groups excluding carboxylic acids is 4. The number of amides is 4. The van der Waals surface area contributed by atoms with Crippen molar-refractivity contribution in [3.8, 4) is 22.4 Å². The average molecular weight is 659 g/mol. The molecular weight excluding hydrogens is 612 g/mol. The van der Waals surface area contributed by atoms with Gasteiger partial charge in [-0.2, -0.15) is 0 Å². The Morgan fingerprint density at radius 2 is 1.56 bits per heavy atom. The molecule has 2 aromatic carbocycles. The van der Waals surface area contributed by atoms with E-state index in [2.05, 4.69) is 20.6 Å². The summed E-state index contributed by atoms with van der Waals surface area (Å²) in [5.74, 6) is 0.104. The van der Waals surface area contributed by atoms with Gasteiger partial charge < -0.3 is 34.9 Å². The molecule has 0 aliphatic carbocycles. The van der Waals surface area contributed by atoms with Gasteiger partial charge in [0.05, 0.1) is 25.1 Å². The number of alkyl carbamates (subject to hydrolysis) is 1. The van der Waals surface area contributed by atoms with E-state index in [0.717, 1.165) is 22.4 Å². The van der Waals surface area contributed by atoms with Gasteiger partial charge in [-0.1, -0.05) is 50.2 Å². The molecule has 3 atom stereocenters. The van der Waals surface area contributed by atoms with Gasteiger partial charge in [-0.15, -0.1) is 0 Å². The molecule has 0 unspecified atom stereocenters. The molecular formula is C36H46N6O6. The second-order valence-electron chi connectivity index (χ2n) is 13.7. The lowest BCUT2D eigenvalue weighted by molar-refractivity contribution is -0.143. The Morgan fingerprint density at radius 1 is 0.917 bits per heavy atom. The van der Waals surface area contributed by atoms with Crippen LogP contribution in [-0.4, -0.2) is 87.6 Å². The van der Waals surface area contributed by atoms with E-state index in [-0.39, 0.29) is 29.7 Å². The number of hydrogen-bond donors (Lipinski definition) is 3. The molecule has 2 fully saturated rings. The summed E-state index contributed by atoms with van der Waals surface area (Å²) in [5, 5.41) is 5.52. The van der Waals surface area contributed by atoms with Crippen LogP contribution in [0.2, 0.25) is 0 Å². The molecule has 48 heavy (non-hydrogen) atoms. The van der Waals surface area contributed by atoms with Crippen molar-refractivity contribution in [2.75, 3.05) is 31.6 Å². The molecule has 256 valence electrons. The zero-order chi connectivity index (χ0) is 34.6. The van der Waals surface area contributed by atoms with Gasteiger partial charge in [0.15, 0.2) is 0 Å². The third kappa shape index (κ3) is 8.22. The van der Waals surface area contributed by atoms with Crippen LogP contribution in [0.1, 0.15) is 66.3 Å². The van der Waals surface area contributed by atoms with Crippen molar-refractivity contribution >= 4 is 29.5 Å². The third-order valence-electron chi connectivity index (χ3n) is 8.44. The molecule has 5 rings (SSSR count). The zero-order valence-electron chi connectivity index (χ0n) is 28.5. The Hall–Kier alpha value is -4.71. The quantitative estimate of drug-likeness (QED) is 0.304. The third-order valence-corrected chi connectivity index (χ3v) is 8.44. The van der Waals surface area contributed by atoms with Crippen molar-refractivity contribution < 1.29 is 28.7 Å². The second kappa shape index (κ2) is 14.6. The Labute approximate surface area is 281 Å². The number of imidazole rings is 1. The number of aromatic amines is 1. The van der Waals surface area contributed by atoms with Crippen molar-refractivity contribution in [2.45, 2.75) is 78.1 Å². The number of anilines is 1. The van der Waals surface area contributed by atoms with Gasteiger partial charge in [0.25, 0.3) is 0 Å². The predicted octanol–water partition coefficient (Wildman–Crippen LogP) is 5.14. The Bertz CT molecular complexity index is 1610. The maximum Gasteiger partial charge on any atom is 0.408 e. The molecule has 4 amide bonds. The van der Waals surface area contributed by atoms with Gasteiger partial charge in [-0.3, -0.25) is 14.4 Å². The summed E-state index contributed by atoms with van der Waals surface area (Å²) in [6.45, 7) is 12.6. The number of morpholine rings is 1. The highest BCUT2D eigenvalue weighted by molar-refractivity contribution is 5.98. The summed E-state index contributed by atoms with van der Waals surface area (Å²) in [4.78, 5) is 62.6. The van der Waals surface area contributed by atoms with Crippen molar-refractivity contribution in [2.24, 2.45) is 5.92 Å². The van der Waals surface area contributed by atoms with Gasteiger partial charge in [-0.25, -0.2) is 9.78 Å². The van der Waals surface area contributed by atoms with E-state index < -0.39 is 23.8 Å². The highest BCUT2D eigenvalue weighted by Gasteiger charge is 2.37. The lowest BCUT2D eigenvalue weighted by atomic mass is 10.0. The SMILES string of the molecule is CC(C)C(=O)N1CCOC[C@H]1c1ncc(-c2ccc(-c3ccc(NC(=O)[C@@H]4CCCN4C(=O)[C@@H](C)NC(=O)OC(C)(C)C)cc3)cc2)[nH]1. The number of rotatable bonds is 8. The van der Waals surface area contributed by atoms with Gasteiger partial charge >= 0.3 is 6.09 Å². The molecule has 1 aromatic heterocycles. The fourth-order valence-electron chi connectivity index (χ4n) is 5.99. The molecule has 3 heterocycles. The minimum Gasteiger partial charge on any atom is -0.444 e. The monoisotopic (exact) mass is 658 g/mol. The van der Waals surface area contributed by atoms with Crippen LogP contribution in [-0.2, 0) is 23.9 Å². The maximum atomic E-state index is 13.2. The van der Waals surface area contributed by atoms with Crippen LogP contribution < -0.4 is 10.6 Å². The highest BCUT2D eigenvalue weighted by Crippen LogP contribution is 2.29. The minimum absolute atomic E-state index is 0.0890. The summed E-state index contributed by atoms with van der Waals surface area (Å²) < 4.78 is 10.9. The van der Waals surface area contributed by atoms with Crippen LogP contribution in [0.5, 0.6) is 0 Å². The lowest BCUT2D eigenvalue weighted by Crippen LogP contribution is -2.52. The number of benzene rings is 2. The Balaban J connectivity index is 1.18. The fraction of sp³-hybridized carbons (Fsp3) is 0.472. The average Bonchev–Trinajstić information content (AvgIpc) is 3.75. The first kappa shape index (κ1) is 34.6. The molecule has 0 spiro atoms. The number of aromatic nitrogens is 2. The van der Waals surface area contributed by atoms with E-state index in [1.807, 2.05) is 67.3 Å². The molecule has 12 heteroatoms. The molecule has 2 aliphatic rings. The van der Waals surface area contributed by atoms with E-state index in [9.17, 15) is 19.2 Å². The lowest BCUT2D eigenvalue weighted by Gasteiger charge is -2.35. The summed E-state index contributed by atoms with van der Waals surface area (Å²) >= 11 is 0. The maximum absolute atomic E-state index is 13.2. The highest BCUT2D eigenvalue weighted by atomic mass is 16.6. The van der Waals surface area contributed by atoms with E-state index in [1.165, 1.54) is 4.90 Å². The largest absolute Gasteiger partial charge is 0.444 e. The fourth-order valence-corrected chi connectivity index (χ4v) is 5.99. The first-order chi connectivity index (χ1) is 22.8. The van der Waals surface area contributed by atoms with E-state index in [0.29, 0.717) is 50.7 Å². The van der Waals surface area contributed by atoms with Crippen LogP contribution in [0.3, 0.4) is 0 Å². The number of ether oxygens (including phenoxy) is 2. The molecule has 2 aliphatic heterocycles. The number of nitrogens with zero attached hydrogens (tertiary/aromatic N) is 3. The molecule has 3 N–H and O–H groups in total. The molecule has 0 bridgehead atoms. The first-order valence-corrected chi connectivity index (χ1v) is 16.6. The summed E-state index contributed by atoms with van der Waals surface area (Å²) in [6.07, 6.45) is 2.35. The minimum atomic E-state index is -0.827. The number of carbonyl (C=O) groups is 4. The topological polar surface area (TPSA) is 146 Å². The van der Waals surface area contributed by atoms with Crippen LogP contribution >= 0.6 is 0 Å². The van der Waals surface area contributed by atoms with E-state index >= 15 is 0 Å². The number of likely N-dealkylation sites (tertiary alicyclic amines) is 1. The second-order valence-corrected chi connectivity index (χ2v) is 13.7. The van der Waals surface area contributed by atoms with Crippen LogP contribution in [0.25, 0.3) is 22.4 Å². The number of H-pyrrole nitrogens is 1. The summed E-state index contributed by atoms with van der Waals surface area (Å²) in [5.41, 5.74) is 3.74. The standard InChI is InChI=1S/C36H46N6O6/c1-22(2)33(44)42-18-19-47-21-30(42)31-37-20-28(40-31)26-11-9-24(10-12-26)25-13-15-27(16-14-25)39-32(43)29-8-7-17-41(29)34(45)23(3)38-35(46)48-36(4,5)6/h9-16,20,22-23,29-30H,7-8,17-19,21H2,1-6H3,(H,37,40)(H,38,46)(H,39,43)/t23-,29+,30+/m1/s1. The Kier molecular flexibility index (Phi) is 10.5. The number of hydrogen-bond acceptors (Lipinski definition) is 7. The zero-order valence-corrected chi connectivity index (χ0v) is 28.5. The summed E-state index contributed by atoms with van der Waals surface area (Å²) in [6, 6.07) is 13.9. The Morgan fingerprint density at radius 3 is 2.21 bits per heavy atom. The van der Waals surface area contributed by atoms with Crippen molar-refractivity contribution in [1.82, 2.24) is 25.1 Å². The number of nitrogens with one attached hydrogen (secondary N) is 3.